The summed E-state index contributed by atoms with van der Waals surface area (Å²) in [4.78, 5) is 11.9. The van der Waals surface area contributed by atoms with E-state index < -0.39 is 10.0 Å². The van der Waals surface area contributed by atoms with Crippen LogP contribution in [0.1, 0.15) is 33.8 Å². The fourth-order valence-electron chi connectivity index (χ4n) is 4.44. The van der Waals surface area contributed by atoms with Crippen LogP contribution in [0.4, 0.5) is 5.82 Å². The van der Waals surface area contributed by atoms with Crippen LogP contribution in [0.3, 0.4) is 0 Å². The van der Waals surface area contributed by atoms with Crippen molar-refractivity contribution < 1.29 is 13.2 Å². The molecule has 8 heteroatoms. The van der Waals surface area contributed by atoms with Crippen LogP contribution >= 0.6 is 0 Å². The van der Waals surface area contributed by atoms with Crippen molar-refractivity contribution in [2.24, 2.45) is 0 Å². The molecule has 2 aliphatic rings. The number of ether oxygens (including phenoxy) is 1. The maximum Gasteiger partial charge on any atom is 0.243 e. The van der Waals surface area contributed by atoms with Crippen molar-refractivity contribution in [1.82, 2.24) is 14.3 Å². The normalized spacial score (nSPS) is 18.0. The molecule has 0 unspecified atom stereocenters. The number of sulfonamides is 1. The number of aryl methyl sites for hydroxylation is 4. The molecule has 0 bridgehead atoms. The van der Waals surface area contributed by atoms with Gasteiger partial charge in [0.05, 0.1) is 23.8 Å². The monoisotopic (exact) mass is 416 g/mol. The zero-order valence-corrected chi connectivity index (χ0v) is 18.3. The Bertz CT molecular complexity index is 1020. The molecule has 0 spiro atoms. The van der Waals surface area contributed by atoms with Crippen molar-refractivity contribution in [3.63, 3.8) is 0 Å². The van der Waals surface area contributed by atoms with E-state index in [1.165, 1.54) is 0 Å². The van der Waals surface area contributed by atoms with Gasteiger partial charge in [-0.15, -0.1) is 0 Å². The zero-order valence-electron chi connectivity index (χ0n) is 17.5. The number of anilines is 1. The molecule has 1 fully saturated rings. The molecule has 1 saturated heterocycles. The topological polar surface area (TPSA) is 75.6 Å². The Hall–Kier alpha value is -2.03. The van der Waals surface area contributed by atoms with E-state index in [1.54, 1.807) is 4.31 Å². The van der Waals surface area contributed by atoms with Gasteiger partial charge < -0.3 is 9.64 Å². The second-order valence-electron chi connectivity index (χ2n) is 7.94. The van der Waals surface area contributed by atoms with Gasteiger partial charge >= 0.3 is 0 Å². The van der Waals surface area contributed by atoms with Gasteiger partial charge in [0, 0.05) is 38.2 Å². The van der Waals surface area contributed by atoms with Crippen LogP contribution in [0.15, 0.2) is 17.0 Å². The van der Waals surface area contributed by atoms with Gasteiger partial charge in [0.2, 0.25) is 10.0 Å². The Balaban J connectivity index is 1.73. The Labute approximate surface area is 172 Å². The Kier molecular flexibility index (Phi) is 5.35. The average molecular weight is 417 g/mol. The maximum atomic E-state index is 13.6. The molecule has 1 aromatic carbocycles. The number of fused-ring (bicyclic) bond motifs is 1. The molecule has 4 rings (SSSR count). The maximum absolute atomic E-state index is 13.6. The summed E-state index contributed by atoms with van der Waals surface area (Å²) in [7, 11) is -3.61. The minimum absolute atomic E-state index is 0.303. The van der Waals surface area contributed by atoms with Crippen LogP contribution in [0, 0.1) is 27.7 Å². The van der Waals surface area contributed by atoms with E-state index in [9.17, 15) is 8.42 Å². The zero-order chi connectivity index (χ0) is 20.8. The first-order valence-corrected chi connectivity index (χ1v) is 11.5. The molecule has 7 nitrogen and oxygen atoms in total. The minimum Gasteiger partial charge on any atom is -0.378 e. The number of benzene rings is 1. The summed E-state index contributed by atoms with van der Waals surface area (Å²) in [5.41, 5.74) is 4.54. The van der Waals surface area contributed by atoms with E-state index in [-0.39, 0.29) is 0 Å². The summed E-state index contributed by atoms with van der Waals surface area (Å²) in [5.74, 6) is 1.58. The first-order chi connectivity index (χ1) is 13.8. The standard InChI is InChI=1S/C21H28N4O3S/c1-14-11-15(2)20(16(3)12-14)29(26,27)25-6-5-19-18(13-25)21(23-17(4)22-19)24-7-9-28-10-8-24/h11-12H,5-10,13H2,1-4H3. The third-order valence-corrected chi connectivity index (χ3v) is 7.78. The number of aromatic nitrogens is 2. The summed E-state index contributed by atoms with van der Waals surface area (Å²) in [6.07, 6.45) is 0.596. The first-order valence-electron chi connectivity index (χ1n) is 10.0. The number of hydrogen-bond acceptors (Lipinski definition) is 6. The molecule has 3 heterocycles. The van der Waals surface area contributed by atoms with Gasteiger partial charge in [0.1, 0.15) is 11.6 Å². The van der Waals surface area contributed by atoms with Crippen molar-refractivity contribution >= 4 is 15.8 Å². The van der Waals surface area contributed by atoms with Crippen LogP contribution < -0.4 is 4.90 Å². The molecule has 0 N–H and O–H groups in total. The largest absolute Gasteiger partial charge is 0.378 e. The smallest absolute Gasteiger partial charge is 0.243 e. The molecule has 29 heavy (non-hydrogen) atoms. The number of rotatable bonds is 3. The number of nitrogens with zero attached hydrogens (tertiary/aromatic N) is 4. The Morgan fingerprint density at radius 3 is 2.28 bits per heavy atom. The lowest BCUT2D eigenvalue weighted by molar-refractivity contribution is 0.122. The van der Waals surface area contributed by atoms with E-state index in [2.05, 4.69) is 14.9 Å². The third-order valence-electron chi connectivity index (χ3n) is 5.63. The molecule has 156 valence electrons. The van der Waals surface area contributed by atoms with Gasteiger partial charge in [-0.1, -0.05) is 17.7 Å². The van der Waals surface area contributed by atoms with Crippen LogP contribution in [0.5, 0.6) is 0 Å². The third kappa shape index (κ3) is 3.76. The molecule has 2 aliphatic heterocycles. The molecule has 1 aromatic heterocycles. The number of morpholine rings is 1. The van der Waals surface area contributed by atoms with Crippen molar-refractivity contribution in [2.75, 3.05) is 37.7 Å². The van der Waals surface area contributed by atoms with E-state index >= 15 is 0 Å². The predicted octanol–water partition coefficient (Wildman–Crippen LogP) is 2.29. The molecule has 0 saturated carbocycles. The van der Waals surface area contributed by atoms with Gasteiger partial charge in [-0.2, -0.15) is 4.31 Å². The Morgan fingerprint density at radius 1 is 0.966 bits per heavy atom. The van der Waals surface area contributed by atoms with Crippen molar-refractivity contribution in [3.05, 3.63) is 45.9 Å². The summed E-state index contributed by atoms with van der Waals surface area (Å²) in [6, 6.07) is 3.87. The summed E-state index contributed by atoms with van der Waals surface area (Å²) < 4.78 is 34.2. The van der Waals surface area contributed by atoms with Crippen molar-refractivity contribution in [3.8, 4) is 0 Å². The fraction of sp³-hybridized carbons (Fsp3) is 0.524. The molecule has 0 aliphatic carbocycles. The average Bonchev–Trinajstić information content (AvgIpc) is 2.66. The van der Waals surface area contributed by atoms with Gasteiger partial charge in [-0.3, -0.25) is 0 Å². The van der Waals surface area contributed by atoms with Gasteiger partial charge in [0.25, 0.3) is 0 Å². The van der Waals surface area contributed by atoms with Crippen molar-refractivity contribution in [1.29, 1.82) is 0 Å². The highest BCUT2D eigenvalue weighted by Crippen LogP contribution is 2.32. The highest BCUT2D eigenvalue weighted by atomic mass is 32.2. The summed E-state index contributed by atoms with van der Waals surface area (Å²) >= 11 is 0. The lowest BCUT2D eigenvalue weighted by Crippen LogP contribution is -2.41. The van der Waals surface area contributed by atoms with E-state index in [4.69, 9.17) is 4.74 Å². The van der Waals surface area contributed by atoms with Gasteiger partial charge in [-0.05, 0) is 38.8 Å². The lowest BCUT2D eigenvalue weighted by atomic mass is 10.1. The highest BCUT2D eigenvalue weighted by molar-refractivity contribution is 7.89. The SMILES string of the molecule is Cc1cc(C)c(S(=O)(=O)N2CCc3nc(C)nc(N4CCOCC4)c3C2)c(C)c1. The fourth-order valence-corrected chi connectivity index (χ4v) is 6.26. The Morgan fingerprint density at radius 2 is 1.62 bits per heavy atom. The summed E-state index contributed by atoms with van der Waals surface area (Å²) in [6.45, 7) is 11.2. The predicted molar refractivity (Wildman–Crippen MR) is 112 cm³/mol. The molecule has 2 aromatic rings. The van der Waals surface area contributed by atoms with Gasteiger partial charge in [0.15, 0.2) is 0 Å². The van der Waals surface area contributed by atoms with Crippen molar-refractivity contribution in [2.45, 2.75) is 45.6 Å². The quantitative estimate of drug-likeness (QED) is 0.764. The van der Waals surface area contributed by atoms with Crippen LogP contribution in [-0.4, -0.2) is 55.5 Å². The molecule has 0 radical (unpaired) electrons. The summed E-state index contributed by atoms with van der Waals surface area (Å²) in [5, 5.41) is 0. The van der Waals surface area contributed by atoms with E-state index in [1.807, 2.05) is 39.8 Å². The van der Waals surface area contributed by atoms with Crippen LogP contribution in [0.2, 0.25) is 0 Å². The van der Waals surface area contributed by atoms with E-state index in [0.717, 1.165) is 52.7 Å². The molecule has 0 atom stereocenters. The second kappa shape index (κ2) is 7.66. The molecular formula is C21H28N4O3S. The highest BCUT2D eigenvalue weighted by Gasteiger charge is 2.34. The number of hydrogen-bond donors (Lipinski definition) is 0. The van der Waals surface area contributed by atoms with Gasteiger partial charge in [-0.25, -0.2) is 18.4 Å². The molecule has 0 amide bonds. The second-order valence-corrected chi connectivity index (χ2v) is 9.81. The van der Waals surface area contributed by atoms with Crippen LogP contribution in [-0.2, 0) is 27.7 Å². The lowest BCUT2D eigenvalue weighted by Gasteiger charge is -2.34. The minimum atomic E-state index is -3.61. The molecular weight excluding hydrogens is 388 g/mol. The van der Waals surface area contributed by atoms with Crippen LogP contribution in [0.25, 0.3) is 0 Å². The first kappa shape index (κ1) is 20.3. The van der Waals surface area contributed by atoms with E-state index in [0.29, 0.717) is 37.6 Å².